The Morgan fingerprint density at radius 2 is 2.36 bits per heavy atom. The number of rotatable bonds is 2. The number of nitrogens with zero attached hydrogens (tertiary/aromatic N) is 3. The fourth-order valence-corrected chi connectivity index (χ4v) is 1.33. The van der Waals surface area contributed by atoms with Crippen molar-refractivity contribution in [3.8, 4) is 0 Å². The zero-order valence-electron chi connectivity index (χ0n) is 8.45. The van der Waals surface area contributed by atoms with Crippen molar-refractivity contribution >= 4 is 11.5 Å². The van der Waals surface area contributed by atoms with E-state index in [-0.39, 0.29) is 0 Å². The van der Waals surface area contributed by atoms with Crippen molar-refractivity contribution in [1.82, 2.24) is 15.5 Å². The summed E-state index contributed by atoms with van der Waals surface area (Å²) in [4.78, 5) is 6.10. The molecule has 2 rings (SSSR count). The second-order valence-corrected chi connectivity index (χ2v) is 3.49. The molecule has 2 heterocycles. The average Bonchev–Trinajstić information content (AvgIpc) is 2.68. The Hall–Kier alpha value is -1.36. The zero-order valence-corrected chi connectivity index (χ0v) is 8.45. The van der Waals surface area contributed by atoms with Crippen LogP contribution in [0.25, 0.3) is 5.57 Å². The van der Waals surface area contributed by atoms with Gasteiger partial charge in [0.2, 0.25) is 0 Å². The van der Waals surface area contributed by atoms with Crippen LogP contribution in [-0.4, -0.2) is 37.3 Å². The van der Waals surface area contributed by atoms with Crippen LogP contribution in [0.3, 0.4) is 0 Å². The Kier molecular flexibility index (Phi) is 2.49. The lowest BCUT2D eigenvalue weighted by molar-refractivity contribution is 0.405. The van der Waals surface area contributed by atoms with Crippen molar-refractivity contribution in [1.29, 1.82) is 0 Å². The molecular weight excluding hydrogens is 180 g/mol. The molecule has 0 saturated heterocycles. The number of hydrogen-bond acceptors (Lipinski definition) is 5. The SMILES string of the molecule is CN(C)c1noc(C2=CCCNC2)n1. The van der Waals surface area contributed by atoms with E-state index in [1.54, 1.807) is 0 Å². The second kappa shape index (κ2) is 3.79. The fourth-order valence-electron chi connectivity index (χ4n) is 1.33. The van der Waals surface area contributed by atoms with Crippen LogP contribution in [0.5, 0.6) is 0 Å². The highest BCUT2D eigenvalue weighted by Crippen LogP contribution is 2.16. The first-order valence-corrected chi connectivity index (χ1v) is 4.68. The van der Waals surface area contributed by atoms with Gasteiger partial charge in [-0.1, -0.05) is 6.08 Å². The van der Waals surface area contributed by atoms with Crippen molar-refractivity contribution in [2.24, 2.45) is 0 Å². The summed E-state index contributed by atoms with van der Waals surface area (Å²) in [7, 11) is 3.78. The van der Waals surface area contributed by atoms with Gasteiger partial charge in [-0.15, -0.1) is 0 Å². The van der Waals surface area contributed by atoms with Crippen molar-refractivity contribution in [3.05, 3.63) is 12.0 Å². The molecule has 0 aromatic carbocycles. The summed E-state index contributed by atoms with van der Waals surface area (Å²) in [5.41, 5.74) is 1.09. The first-order chi connectivity index (χ1) is 6.77. The van der Waals surface area contributed by atoms with E-state index in [9.17, 15) is 0 Å². The Balaban J connectivity index is 2.19. The Labute approximate surface area is 82.8 Å². The monoisotopic (exact) mass is 194 g/mol. The molecule has 1 aliphatic rings. The molecule has 5 heteroatoms. The fraction of sp³-hybridized carbons (Fsp3) is 0.556. The van der Waals surface area contributed by atoms with E-state index in [1.165, 1.54) is 0 Å². The minimum absolute atomic E-state index is 0.617. The lowest BCUT2D eigenvalue weighted by atomic mass is 10.1. The molecule has 0 atom stereocenters. The topological polar surface area (TPSA) is 54.2 Å². The minimum atomic E-state index is 0.617. The first-order valence-electron chi connectivity index (χ1n) is 4.68. The van der Waals surface area contributed by atoms with E-state index in [2.05, 4.69) is 21.5 Å². The quantitative estimate of drug-likeness (QED) is 0.743. The molecular formula is C9H14N4O. The van der Waals surface area contributed by atoms with E-state index in [0.717, 1.165) is 25.1 Å². The van der Waals surface area contributed by atoms with Crippen LogP contribution < -0.4 is 10.2 Å². The first kappa shape index (κ1) is 9.21. The summed E-state index contributed by atoms with van der Waals surface area (Å²) >= 11 is 0. The van der Waals surface area contributed by atoms with Gasteiger partial charge in [-0.3, -0.25) is 0 Å². The molecule has 0 radical (unpaired) electrons. The molecule has 5 nitrogen and oxygen atoms in total. The van der Waals surface area contributed by atoms with Crippen molar-refractivity contribution < 1.29 is 4.52 Å². The van der Waals surface area contributed by atoms with Gasteiger partial charge in [0.15, 0.2) is 0 Å². The van der Waals surface area contributed by atoms with E-state index >= 15 is 0 Å². The predicted octanol–water partition coefficient (Wildman–Crippen LogP) is 0.512. The van der Waals surface area contributed by atoms with Crippen molar-refractivity contribution in [3.63, 3.8) is 0 Å². The summed E-state index contributed by atoms with van der Waals surface area (Å²) in [5.74, 6) is 1.24. The zero-order chi connectivity index (χ0) is 9.97. The molecule has 1 aromatic rings. The van der Waals surface area contributed by atoms with Crippen LogP contribution in [0.1, 0.15) is 12.3 Å². The molecule has 0 saturated carbocycles. The van der Waals surface area contributed by atoms with Gasteiger partial charge in [-0.2, -0.15) is 4.98 Å². The van der Waals surface area contributed by atoms with E-state index in [4.69, 9.17) is 4.52 Å². The van der Waals surface area contributed by atoms with Crippen LogP contribution in [0.15, 0.2) is 10.6 Å². The summed E-state index contributed by atoms with van der Waals surface area (Å²) in [6.45, 7) is 1.84. The van der Waals surface area contributed by atoms with Gasteiger partial charge >= 0.3 is 0 Å². The highest BCUT2D eigenvalue weighted by Gasteiger charge is 2.13. The van der Waals surface area contributed by atoms with E-state index in [1.807, 2.05) is 19.0 Å². The predicted molar refractivity (Wildman–Crippen MR) is 54.1 cm³/mol. The van der Waals surface area contributed by atoms with Crippen LogP contribution in [-0.2, 0) is 0 Å². The van der Waals surface area contributed by atoms with Crippen LogP contribution >= 0.6 is 0 Å². The van der Waals surface area contributed by atoms with Crippen molar-refractivity contribution in [2.75, 3.05) is 32.1 Å². The van der Waals surface area contributed by atoms with Crippen molar-refractivity contribution in [2.45, 2.75) is 6.42 Å². The summed E-state index contributed by atoms with van der Waals surface area (Å²) in [5, 5.41) is 7.12. The third-order valence-electron chi connectivity index (χ3n) is 2.12. The largest absolute Gasteiger partial charge is 0.344 e. The highest BCUT2D eigenvalue weighted by molar-refractivity contribution is 5.61. The molecule has 0 bridgehead atoms. The van der Waals surface area contributed by atoms with Gasteiger partial charge < -0.3 is 14.7 Å². The molecule has 0 amide bonds. The molecule has 0 aliphatic carbocycles. The summed E-state index contributed by atoms with van der Waals surface area (Å²) in [6, 6.07) is 0. The van der Waals surface area contributed by atoms with Crippen LogP contribution in [0, 0.1) is 0 Å². The van der Waals surface area contributed by atoms with E-state index in [0.29, 0.717) is 11.8 Å². The molecule has 1 aromatic heterocycles. The Morgan fingerprint density at radius 3 is 2.93 bits per heavy atom. The van der Waals surface area contributed by atoms with Gasteiger partial charge in [-0.25, -0.2) is 0 Å². The normalized spacial score (nSPS) is 16.6. The molecule has 0 spiro atoms. The number of anilines is 1. The smallest absolute Gasteiger partial charge is 0.265 e. The molecule has 14 heavy (non-hydrogen) atoms. The minimum Gasteiger partial charge on any atom is -0.344 e. The molecule has 76 valence electrons. The summed E-state index contributed by atoms with van der Waals surface area (Å²) in [6.07, 6.45) is 3.17. The third-order valence-corrected chi connectivity index (χ3v) is 2.12. The molecule has 0 fully saturated rings. The second-order valence-electron chi connectivity index (χ2n) is 3.49. The number of nitrogens with one attached hydrogen (secondary N) is 1. The molecule has 1 N–H and O–H groups in total. The molecule has 0 unspecified atom stereocenters. The average molecular weight is 194 g/mol. The van der Waals surface area contributed by atoms with Gasteiger partial charge in [0.1, 0.15) is 0 Å². The Morgan fingerprint density at radius 1 is 1.50 bits per heavy atom. The number of hydrogen-bond donors (Lipinski definition) is 1. The maximum Gasteiger partial charge on any atom is 0.265 e. The third kappa shape index (κ3) is 1.77. The highest BCUT2D eigenvalue weighted by atomic mass is 16.5. The maximum atomic E-state index is 5.15. The van der Waals surface area contributed by atoms with Gasteiger partial charge in [-0.05, 0) is 18.1 Å². The van der Waals surface area contributed by atoms with E-state index < -0.39 is 0 Å². The summed E-state index contributed by atoms with van der Waals surface area (Å²) < 4.78 is 5.15. The van der Waals surface area contributed by atoms with Crippen LogP contribution in [0.4, 0.5) is 5.95 Å². The van der Waals surface area contributed by atoms with Gasteiger partial charge in [0.05, 0.1) is 0 Å². The lowest BCUT2D eigenvalue weighted by Crippen LogP contribution is -2.21. The van der Waals surface area contributed by atoms with Gasteiger partial charge in [0.25, 0.3) is 11.8 Å². The standard InChI is InChI=1S/C9H14N4O/c1-13(2)9-11-8(14-12-9)7-4-3-5-10-6-7/h4,10H,3,5-6H2,1-2H3. The lowest BCUT2D eigenvalue weighted by Gasteiger charge is -2.10. The Bertz CT molecular complexity index is 342. The number of aromatic nitrogens is 2. The maximum absolute atomic E-state index is 5.15. The molecule has 1 aliphatic heterocycles. The van der Waals surface area contributed by atoms with Gasteiger partial charge in [0, 0.05) is 26.2 Å². The van der Waals surface area contributed by atoms with Crippen LogP contribution in [0.2, 0.25) is 0 Å².